The van der Waals surface area contributed by atoms with Gasteiger partial charge in [0.15, 0.2) is 5.13 Å². The zero-order chi connectivity index (χ0) is 19.0. The Bertz CT molecular complexity index is 975. The maximum atomic E-state index is 12.0. The van der Waals surface area contributed by atoms with Crippen molar-refractivity contribution in [2.24, 2.45) is 0 Å². The van der Waals surface area contributed by atoms with Crippen molar-refractivity contribution in [1.82, 2.24) is 15.0 Å². The number of fused-ring (bicyclic) bond motifs is 1. The van der Waals surface area contributed by atoms with Gasteiger partial charge in [0.1, 0.15) is 21.9 Å². The Balaban J connectivity index is 1.49. The monoisotopic (exact) mass is 403 g/mol. The Morgan fingerprint density at radius 2 is 1.89 bits per heavy atom. The van der Waals surface area contributed by atoms with Crippen molar-refractivity contribution in [3.05, 3.63) is 27.8 Å². The third kappa shape index (κ3) is 3.49. The average Bonchev–Trinajstić information content (AvgIpc) is 3.23. The lowest BCUT2D eigenvalue weighted by Gasteiger charge is -2.35. The Kier molecular flexibility index (Phi) is 4.96. The molecular weight excluding hydrogens is 382 g/mol. The molecule has 0 radical (unpaired) electrons. The molecule has 27 heavy (non-hydrogen) atoms. The summed E-state index contributed by atoms with van der Waals surface area (Å²) in [5.41, 5.74) is 0.738. The van der Waals surface area contributed by atoms with Crippen molar-refractivity contribution in [3.8, 4) is 0 Å². The van der Waals surface area contributed by atoms with Crippen LogP contribution in [0.1, 0.15) is 27.2 Å². The van der Waals surface area contributed by atoms with E-state index in [9.17, 15) is 4.79 Å². The minimum absolute atomic E-state index is 0.284. The molecule has 0 amide bonds. The molecule has 0 aliphatic carbocycles. The van der Waals surface area contributed by atoms with Crippen LogP contribution in [-0.2, 0) is 4.74 Å². The maximum Gasteiger partial charge on any atom is 0.350 e. The molecule has 1 aliphatic heterocycles. The van der Waals surface area contributed by atoms with Crippen molar-refractivity contribution < 1.29 is 9.53 Å². The normalized spacial score (nSPS) is 14.8. The molecular formula is C18H21N5O2S2. The number of anilines is 2. The average molecular weight is 404 g/mol. The zero-order valence-electron chi connectivity index (χ0n) is 15.6. The highest BCUT2D eigenvalue weighted by Gasteiger charge is 2.25. The molecule has 1 fully saturated rings. The third-order valence-corrected chi connectivity index (χ3v) is 6.68. The van der Waals surface area contributed by atoms with Gasteiger partial charge in [-0.15, -0.1) is 11.3 Å². The molecule has 0 spiro atoms. The summed E-state index contributed by atoms with van der Waals surface area (Å²) in [7, 11) is 0. The van der Waals surface area contributed by atoms with Crippen LogP contribution in [0.2, 0.25) is 0 Å². The summed E-state index contributed by atoms with van der Waals surface area (Å²) in [6, 6.07) is 2.16. The van der Waals surface area contributed by atoms with Crippen molar-refractivity contribution in [3.63, 3.8) is 0 Å². The van der Waals surface area contributed by atoms with E-state index in [1.807, 2.05) is 13.8 Å². The molecule has 4 rings (SSSR count). The third-order valence-electron chi connectivity index (χ3n) is 4.53. The minimum atomic E-state index is -0.284. The molecule has 0 bridgehead atoms. The Morgan fingerprint density at radius 1 is 1.15 bits per heavy atom. The van der Waals surface area contributed by atoms with Crippen molar-refractivity contribution >= 4 is 49.8 Å². The Morgan fingerprint density at radius 3 is 2.63 bits per heavy atom. The van der Waals surface area contributed by atoms with E-state index < -0.39 is 0 Å². The second-order valence-corrected chi connectivity index (χ2v) is 8.59. The van der Waals surface area contributed by atoms with Crippen LogP contribution in [0, 0.1) is 13.8 Å². The molecule has 7 nitrogen and oxygen atoms in total. The predicted octanol–water partition coefficient (Wildman–Crippen LogP) is 3.27. The number of nitrogens with zero attached hydrogens (tertiary/aromatic N) is 5. The molecule has 3 aromatic rings. The van der Waals surface area contributed by atoms with Crippen molar-refractivity contribution in [2.45, 2.75) is 20.8 Å². The van der Waals surface area contributed by atoms with E-state index in [0.29, 0.717) is 11.5 Å². The van der Waals surface area contributed by atoms with E-state index in [1.54, 1.807) is 17.7 Å². The number of ether oxygens (including phenoxy) is 1. The molecule has 3 aromatic heterocycles. The number of hydrogen-bond donors (Lipinski definition) is 0. The summed E-state index contributed by atoms with van der Waals surface area (Å²) < 4.78 is 5.12. The fourth-order valence-electron chi connectivity index (χ4n) is 3.23. The molecule has 0 N–H and O–H groups in total. The summed E-state index contributed by atoms with van der Waals surface area (Å²) in [5.74, 6) is 0.722. The SMILES string of the molecule is CCOC(=O)c1sc(N2CCN(c3ncnc4sc(C)cc34)CC2)nc1C. The van der Waals surface area contributed by atoms with Crippen LogP contribution in [0.5, 0.6) is 0 Å². The predicted molar refractivity (Wildman–Crippen MR) is 109 cm³/mol. The van der Waals surface area contributed by atoms with Crippen molar-refractivity contribution in [1.29, 1.82) is 0 Å². The van der Waals surface area contributed by atoms with E-state index >= 15 is 0 Å². The number of aromatic nitrogens is 3. The molecule has 9 heteroatoms. The summed E-state index contributed by atoms with van der Waals surface area (Å²) in [4.78, 5) is 33.0. The van der Waals surface area contributed by atoms with Gasteiger partial charge in [0, 0.05) is 31.1 Å². The number of aryl methyl sites for hydroxylation is 2. The van der Waals surface area contributed by atoms with Crippen LogP contribution in [0.4, 0.5) is 10.9 Å². The van der Waals surface area contributed by atoms with Crippen LogP contribution in [0.3, 0.4) is 0 Å². The van der Waals surface area contributed by atoms with Gasteiger partial charge in [0.05, 0.1) is 17.7 Å². The zero-order valence-corrected chi connectivity index (χ0v) is 17.2. The van der Waals surface area contributed by atoms with Crippen molar-refractivity contribution in [2.75, 3.05) is 42.6 Å². The standard InChI is InChI=1S/C18H21N5O2S2/c1-4-25-17(24)14-12(3)21-18(27-14)23-7-5-22(6-8-23)15-13-9-11(2)26-16(13)20-10-19-15/h9-10H,4-8H2,1-3H3. The summed E-state index contributed by atoms with van der Waals surface area (Å²) in [6.45, 7) is 9.53. The number of thiazole rings is 1. The molecule has 142 valence electrons. The molecule has 0 unspecified atom stereocenters. The second kappa shape index (κ2) is 7.40. The lowest BCUT2D eigenvalue weighted by molar-refractivity contribution is 0.0531. The summed E-state index contributed by atoms with van der Waals surface area (Å²) in [6.07, 6.45) is 1.65. The summed E-state index contributed by atoms with van der Waals surface area (Å²) in [5, 5.41) is 2.01. The van der Waals surface area contributed by atoms with Gasteiger partial charge in [-0.05, 0) is 26.8 Å². The number of esters is 1. The lowest BCUT2D eigenvalue weighted by atomic mass is 10.2. The van der Waals surface area contributed by atoms with E-state index in [1.165, 1.54) is 16.2 Å². The lowest BCUT2D eigenvalue weighted by Crippen LogP contribution is -2.46. The van der Waals surface area contributed by atoms with Crippen LogP contribution in [-0.4, -0.2) is 53.7 Å². The Labute approximate surface area is 165 Å². The fourth-order valence-corrected chi connectivity index (χ4v) is 5.08. The number of hydrogen-bond acceptors (Lipinski definition) is 9. The maximum absolute atomic E-state index is 12.0. The highest BCUT2D eigenvalue weighted by atomic mass is 32.1. The number of piperazine rings is 1. The topological polar surface area (TPSA) is 71.5 Å². The van der Waals surface area contributed by atoms with Gasteiger partial charge in [-0.25, -0.2) is 19.7 Å². The molecule has 1 saturated heterocycles. The highest BCUT2D eigenvalue weighted by molar-refractivity contribution is 7.18. The molecule has 0 atom stereocenters. The van der Waals surface area contributed by atoms with Gasteiger partial charge in [-0.1, -0.05) is 11.3 Å². The number of thiophene rings is 1. The Hall–Kier alpha value is -2.26. The van der Waals surface area contributed by atoms with E-state index in [2.05, 4.69) is 37.7 Å². The molecule has 1 aliphatic rings. The van der Waals surface area contributed by atoms with Gasteiger partial charge in [-0.3, -0.25) is 0 Å². The van der Waals surface area contributed by atoms with E-state index in [0.717, 1.165) is 53.0 Å². The van der Waals surface area contributed by atoms with E-state index in [-0.39, 0.29) is 5.97 Å². The largest absolute Gasteiger partial charge is 0.462 e. The van der Waals surface area contributed by atoms with Gasteiger partial charge < -0.3 is 14.5 Å². The van der Waals surface area contributed by atoms with Gasteiger partial charge >= 0.3 is 5.97 Å². The first kappa shape index (κ1) is 18.1. The highest BCUT2D eigenvalue weighted by Crippen LogP contribution is 2.32. The number of carbonyl (C=O) groups is 1. The smallest absolute Gasteiger partial charge is 0.350 e. The quantitative estimate of drug-likeness (QED) is 0.619. The summed E-state index contributed by atoms with van der Waals surface area (Å²) >= 11 is 3.11. The first-order valence-electron chi connectivity index (χ1n) is 8.92. The van der Waals surface area contributed by atoms with Crippen LogP contribution in [0.15, 0.2) is 12.4 Å². The molecule has 0 saturated carbocycles. The van der Waals surface area contributed by atoms with E-state index in [4.69, 9.17) is 4.74 Å². The minimum Gasteiger partial charge on any atom is -0.462 e. The van der Waals surface area contributed by atoms with Crippen LogP contribution >= 0.6 is 22.7 Å². The first-order chi connectivity index (χ1) is 13.1. The fraction of sp³-hybridized carbons (Fsp3) is 0.444. The second-order valence-electron chi connectivity index (χ2n) is 6.38. The van der Waals surface area contributed by atoms with Gasteiger partial charge in [0.25, 0.3) is 0 Å². The molecule has 0 aromatic carbocycles. The van der Waals surface area contributed by atoms with Crippen LogP contribution < -0.4 is 9.80 Å². The first-order valence-corrected chi connectivity index (χ1v) is 10.6. The van der Waals surface area contributed by atoms with Gasteiger partial charge in [-0.2, -0.15) is 0 Å². The number of carbonyl (C=O) groups excluding carboxylic acids is 1. The number of rotatable bonds is 4. The molecule has 4 heterocycles. The van der Waals surface area contributed by atoms with Crippen LogP contribution in [0.25, 0.3) is 10.2 Å². The van der Waals surface area contributed by atoms with Gasteiger partial charge in [0.2, 0.25) is 0 Å².